The maximum atomic E-state index is 12.6. The third kappa shape index (κ3) is 5.67. The van der Waals surface area contributed by atoms with E-state index in [-0.39, 0.29) is 17.6 Å². The van der Waals surface area contributed by atoms with Crippen molar-refractivity contribution in [2.24, 2.45) is 0 Å². The summed E-state index contributed by atoms with van der Waals surface area (Å²) >= 11 is 0. The molecule has 1 aliphatic rings. The smallest absolute Gasteiger partial charge is 0.387 e. The number of piperidine rings is 1. The van der Waals surface area contributed by atoms with Crippen LogP contribution in [0.3, 0.4) is 0 Å². The average Bonchev–Trinajstić information content (AvgIpc) is 2.57. The standard InChI is InChI=1S/C17H23F2N3O3/c1-20-10-2-5-15(23)21-14-4-3-11-22(16(14)24)12-6-8-13(9-7-12)25-17(18)19/h6-9,14,17,20H,2-5,10-11H2,1H3,(H,21,23). The number of carbonyl (C=O) groups excluding carboxylic acids is 2. The molecule has 1 aromatic carbocycles. The summed E-state index contributed by atoms with van der Waals surface area (Å²) in [4.78, 5) is 26.1. The number of carbonyl (C=O) groups is 2. The highest BCUT2D eigenvalue weighted by molar-refractivity contribution is 5.99. The summed E-state index contributed by atoms with van der Waals surface area (Å²) in [5.41, 5.74) is 0.598. The molecule has 1 fully saturated rings. The van der Waals surface area contributed by atoms with E-state index in [1.165, 1.54) is 12.1 Å². The zero-order chi connectivity index (χ0) is 18.2. The third-order valence-corrected chi connectivity index (χ3v) is 3.98. The lowest BCUT2D eigenvalue weighted by Gasteiger charge is -2.32. The van der Waals surface area contributed by atoms with E-state index in [0.29, 0.717) is 31.5 Å². The Morgan fingerprint density at radius 1 is 1.36 bits per heavy atom. The molecular formula is C17H23F2N3O3. The summed E-state index contributed by atoms with van der Waals surface area (Å²) in [7, 11) is 1.82. The minimum Gasteiger partial charge on any atom is -0.435 e. The van der Waals surface area contributed by atoms with Gasteiger partial charge < -0.3 is 20.3 Å². The average molecular weight is 355 g/mol. The second-order valence-corrected chi connectivity index (χ2v) is 5.83. The Hall–Kier alpha value is -2.22. The van der Waals surface area contributed by atoms with Crippen LogP contribution in [-0.2, 0) is 9.59 Å². The van der Waals surface area contributed by atoms with Gasteiger partial charge in [0.05, 0.1) is 0 Å². The van der Waals surface area contributed by atoms with E-state index < -0.39 is 12.7 Å². The van der Waals surface area contributed by atoms with Gasteiger partial charge in [-0.15, -0.1) is 0 Å². The summed E-state index contributed by atoms with van der Waals surface area (Å²) in [6, 6.07) is 5.37. The van der Waals surface area contributed by atoms with E-state index in [0.717, 1.165) is 13.0 Å². The summed E-state index contributed by atoms with van der Waals surface area (Å²) in [5, 5.41) is 5.75. The van der Waals surface area contributed by atoms with Gasteiger partial charge in [0.2, 0.25) is 11.8 Å². The van der Waals surface area contributed by atoms with Gasteiger partial charge >= 0.3 is 6.61 Å². The molecule has 1 saturated heterocycles. The first kappa shape index (κ1) is 19.1. The number of ether oxygens (including phenoxy) is 1. The predicted molar refractivity (Wildman–Crippen MR) is 89.8 cm³/mol. The van der Waals surface area contributed by atoms with Crippen LogP contribution in [0.4, 0.5) is 14.5 Å². The summed E-state index contributed by atoms with van der Waals surface area (Å²) in [6.07, 6.45) is 2.42. The number of amides is 2. The Bertz CT molecular complexity index is 581. The number of rotatable bonds is 8. The number of benzene rings is 1. The van der Waals surface area contributed by atoms with E-state index in [1.54, 1.807) is 17.0 Å². The molecule has 1 aromatic rings. The topological polar surface area (TPSA) is 70.7 Å². The molecule has 1 unspecified atom stereocenters. The van der Waals surface area contributed by atoms with Gasteiger partial charge in [0, 0.05) is 18.7 Å². The summed E-state index contributed by atoms with van der Waals surface area (Å²) < 4.78 is 28.7. The molecule has 0 aromatic heterocycles. The number of halogens is 2. The van der Waals surface area contributed by atoms with Crippen molar-refractivity contribution in [1.29, 1.82) is 0 Å². The maximum absolute atomic E-state index is 12.6. The van der Waals surface area contributed by atoms with Crippen LogP contribution in [0.25, 0.3) is 0 Å². The van der Waals surface area contributed by atoms with Crippen molar-refractivity contribution in [3.05, 3.63) is 24.3 Å². The molecule has 2 N–H and O–H groups in total. The molecule has 1 aliphatic heterocycles. The number of nitrogens with one attached hydrogen (secondary N) is 2. The molecule has 0 aliphatic carbocycles. The number of nitrogens with zero attached hydrogens (tertiary/aromatic N) is 1. The van der Waals surface area contributed by atoms with Crippen LogP contribution < -0.4 is 20.3 Å². The van der Waals surface area contributed by atoms with E-state index in [9.17, 15) is 18.4 Å². The zero-order valence-corrected chi connectivity index (χ0v) is 14.1. The fourth-order valence-corrected chi connectivity index (χ4v) is 2.77. The highest BCUT2D eigenvalue weighted by Gasteiger charge is 2.30. The normalized spacial score (nSPS) is 17.7. The van der Waals surface area contributed by atoms with Gasteiger partial charge in [-0.05, 0) is 57.1 Å². The van der Waals surface area contributed by atoms with Crippen LogP contribution >= 0.6 is 0 Å². The van der Waals surface area contributed by atoms with Crippen molar-refractivity contribution in [2.75, 3.05) is 25.0 Å². The summed E-state index contributed by atoms with van der Waals surface area (Å²) in [6.45, 7) is -1.62. The second kappa shape index (κ2) is 9.31. The van der Waals surface area contributed by atoms with Crippen LogP contribution in [0.1, 0.15) is 25.7 Å². The molecule has 0 saturated carbocycles. The van der Waals surface area contributed by atoms with Gasteiger partial charge in [-0.2, -0.15) is 8.78 Å². The molecule has 0 bridgehead atoms. The fourth-order valence-electron chi connectivity index (χ4n) is 2.77. The molecular weight excluding hydrogens is 332 g/mol. The van der Waals surface area contributed by atoms with Gasteiger partial charge in [0.25, 0.3) is 0 Å². The van der Waals surface area contributed by atoms with Gasteiger partial charge in [-0.3, -0.25) is 9.59 Å². The third-order valence-electron chi connectivity index (χ3n) is 3.98. The lowest BCUT2D eigenvalue weighted by molar-refractivity contribution is -0.128. The molecule has 138 valence electrons. The van der Waals surface area contributed by atoms with Crippen molar-refractivity contribution < 1.29 is 23.1 Å². The Morgan fingerprint density at radius 3 is 2.72 bits per heavy atom. The van der Waals surface area contributed by atoms with Crippen molar-refractivity contribution in [1.82, 2.24) is 10.6 Å². The van der Waals surface area contributed by atoms with Crippen LogP contribution in [-0.4, -0.2) is 44.6 Å². The van der Waals surface area contributed by atoms with Crippen LogP contribution in [0.2, 0.25) is 0 Å². The molecule has 2 rings (SSSR count). The van der Waals surface area contributed by atoms with Gasteiger partial charge in [-0.1, -0.05) is 0 Å². The minimum atomic E-state index is -2.88. The van der Waals surface area contributed by atoms with E-state index in [1.807, 2.05) is 7.05 Å². The van der Waals surface area contributed by atoms with Crippen molar-refractivity contribution in [3.63, 3.8) is 0 Å². The molecule has 0 radical (unpaired) electrons. The van der Waals surface area contributed by atoms with Crippen LogP contribution in [0.5, 0.6) is 5.75 Å². The fraction of sp³-hybridized carbons (Fsp3) is 0.529. The van der Waals surface area contributed by atoms with Crippen molar-refractivity contribution >= 4 is 17.5 Å². The highest BCUT2D eigenvalue weighted by atomic mass is 19.3. The molecule has 6 nitrogen and oxygen atoms in total. The Kier molecular flexibility index (Phi) is 7.12. The van der Waals surface area contributed by atoms with Crippen LogP contribution in [0, 0.1) is 0 Å². The number of hydrogen-bond acceptors (Lipinski definition) is 4. The van der Waals surface area contributed by atoms with Crippen LogP contribution in [0.15, 0.2) is 24.3 Å². The first-order valence-electron chi connectivity index (χ1n) is 8.31. The van der Waals surface area contributed by atoms with Gasteiger partial charge in [-0.25, -0.2) is 0 Å². The van der Waals surface area contributed by atoms with Crippen molar-refractivity contribution in [2.45, 2.75) is 38.3 Å². The first-order valence-corrected chi connectivity index (χ1v) is 8.31. The lowest BCUT2D eigenvalue weighted by atomic mass is 10.0. The second-order valence-electron chi connectivity index (χ2n) is 5.83. The molecule has 1 heterocycles. The SMILES string of the molecule is CNCCCC(=O)NC1CCCN(c2ccc(OC(F)F)cc2)C1=O. The van der Waals surface area contributed by atoms with E-state index >= 15 is 0 Å². The first-order chi connectivity index (χ1) is 12.0. The molecule has 0 spiro atoms. The minimum absolute atomic E-state index is 0.0394. The quantitative estimate of drug-likeness (QED) is 0.699. The molecule has 2 amide bonds. The zero-order valence-electron chi connectivity index (χ0n) is 14.1. The maximum Gasteiger partial charge on any atom is 0.387 e. The Balaban J connectivity index is 1.95. The number of anilines is 1. The van der Waals surface area contributed by atoms with Gasteiger partial charge in [0.15, 0.2) is 0 Å². The van der Waals surface area contributed by atoms with Gasteiger partial charge in [0.1, 0.15) is 11.8 Å². The highest BCUT2D eigenvalue weighted by Crippen LogP contribution is 2.24. The molecule has 1 atom stereocenters. The summed E-state index contributed by atoms with van der Waals surface area (Å²) in [5.74, 6) is -0.288. The van der Waals surface area contributed by atoms with E-state index in [2.05, 4.69) is 15.4 Å². The number of hydrogen-bond donors (Lipinski definition) is 2. The number of alkyl halides is 2. The predicted octanol–water partition coefficient (Wildman–Crippen LogP) is 1.90. The van der Waals surface area contributed by atoms with E-state index in [4.69, 9.17) is 0 Å². The molecule has 25 heavy (non-hydrogen) atoms. The Labute approximate surface area is 145 Å². The molecule has 8 heteroatoms. The largest absolute Gasteiger partial charge is 0.435 e. The Morgan fingerprint density at radius 2 is 2.08 bits per heavy atom. The van der Waals surface area contributed by atoms with Crippen molar-refractivity contribution in [3.8, 4) is 5.75 Å². The lowest BCUT2D eigenvalue weighted by Crippen LogP contribution is -2.52. The monoisotopic (exact) mass is 355 g/mol.